The molecule has 0 spiro atoms. The number of nitrogens with zero attached hydrogens (tertiary/aromatic N) is 1. The normalized spacial score (nSPS) is 17.2. The minimum atomic E-state index is -0.237. The van der Waals surface area contributed by atoms with E-state index in [1.165, 1.54) is 0 Å². The van der Waals surface area contributed by atoms with E-state index in [1.807, 2.05) is 24.3 Å². The second-order valence-electron chi connectivity index (χ2n) is 6.03. The van der Waals surface area contributed by atoms with Crippen molar-refractivity contribution >= 4 is 34.9 Å². The van der Waals surface area contributed by atoms with Gasteiger partial charge in [-0.25, -0.2) is 4.79 Å². The van der Waals surface area contributed by atoms with E-state index in [1.54, 1.807) is 13.1 Å². The van der Waals surface area contributed by atoms with Crippen LogP contribution in [0, 0.1) is 0 Å². The Balaban J connectivity index is 2.01. The van der Waals surface area contributed by atoms with E-state index in [9.17, 15) is 4.79 Å². The van der Waals surface area contributed by atoms with E-state index in [0.29, 0.717) is 10.0 Å². The fourth-order valence-corrected chi connectivity index (χ4v) is 3.73. The van der Waals surface area contributed by atoms with Crippen molar-refractivity contribution in [1.82, 2.24) is 10.2 Å². The van der Waals surface area contributed by atoms with Crippen molar-refractivity contribution in [3.8, 4) is 0 Å². The Morgan fingerprint density at radius 3 is 2.79 bits per heavy atom. The molecule has 1 heterocycles. The van der Waals surface area contributed by atoms with Crippen LogP contribution in [-0.4, -0.2) is 31.6 Å². The van der Waals surface area contributed by atoms with E-state index >= 15 is 0 Å². The van der Waals surface area contributed by atoms with Crippen LogP contribution in [0.1, 0.15) is 22.6 Å². The molecule has 126 valence electrons. The smallest absolute Gasteiger partial charge is 0.318 e. The topological polar surface area (TPSA) is 44.4 Å². The highest BCUT2D eigenvalue weighted by atomic mass is 35.5. The third kappa shape index (κ3) is 3.51. The molecule has 1 atom stereocenters. The number of amides is 2. The van der Waals surface area contributed by atoms with Crippen LogP contribution in [0.5, 0.6) is 0 Å². The number of hydrogen-bond donors (Lipinski definition) is 2. The second kappa shape index (κ2) is 7.01. The summed E-state index contributed by atoms with van der Waals surface area (Å²) in [5, 5.41) is 6.72. The maximum atomic E-state index is 11.5. The monoisotopic (exact) mass is 363 g/mol. The van der Waals surface area contributed by atoms with Gasteiger partial charge in [-0.05, 0) is 48.0 Å². The summed E-state index contributed by atoms with van der Waals surface area (Å²) in [6.07, 6.45) is 0. The van der Waals surface area contributed by atoms with Crippen molar-refractivity contribution in [3.63, 3.8) is 0 Å². The number of anilines is 1. The van der Waals surface area contributed by atoms with Gasteiger partial charge >= 0.3 is 6.03 Å². The lowest BCUT2D eigenvalue weighted by molar-refractivity contribution is 0.254. The third-order valence-electron chi connectivity index (χ3n) is 4.27. The van der Waals surface area contributed by atoms with Gasteiger partial charge in [0.1, 0.15) is 0 Å². The predicted molar refractivity (Wildman–Crippen MR) is 99.2 cm³/mol. The van der Waals surface area contributed by atoms with Crippen LogP contribution < -0.4 is 10.6 Å². The minimum Gasteiger partial charge on any atom is -0.341 e. The van der Waals surface area contributed by atoms with E-state index in [0.717, 1.165) is 35.5 Å². The molecular formula is C18H19Cl2N3O. The Kier molecular flexibility index (Phi) is 4.99. The molecule has 2 N–H and O–H groups in total. The number of halogens is 2. The first kappa shape index (κ1) is 17.1. The van der Waals surface area contributed by atoms with Gasteiger partial charge in [-0.1, -0.05) is 35.3 Å². The average molecular weight is 364 g/mol. The predicted octanol–water partition coefficient (Wildman–Crippen LogP) is 4.32. The van der Waals surface area contributed by atoms with Crippen LogP contribution in [0.4, 0.5) is 10.5 Å². The maximum absolute atomic E-state index is 11.5. The van der Waals surface area contributed by atoms with E-state index < -0.39 is 0 Å². The Morgan fingerprint density at radius 2 is 2.04 bits per heavy atom. The quantitative estimate of drug-likeness (QED) is 0.834. The first-order chi connectivity index (χ1) is 11.5. The summed E-state index contributed by atoms with van der Waals surface area (Å²) in [5.74, 6) is 0.154. The van der Waals surface area contributed by atoms with Gasteiger partial charge in [0.25, 0.3) is 0 Å². The average Bonchev–Trinajstić information content (AvgIpc) is 2.55. The Labute approximate surface area is 151 Å². The number of hydrogen-bond acceptors (Lipinski definition) is 2. The molecule has 2 aromatic rings. The fourth-order valence-electron chi connectivity index (χ4n) is 3.16. The van der Waals surface area contributed by atoms with Crippen molar-refractivity contribution in [3.05, 3.63) is 63.1 Å². The summed E-state index contributed by atoms with van der Waals surface area (Å²) < 4.78 is 0. The molecule has 0 aliphatic carbocycles. The molecule has 24 heavy (non-hydrogen) atoms. The van der Waals surface area contributed by atoms with Gasteiger partial charge < -0.3 is 15.5 Å². The molecule has 0 saturated heterocycles. The molecule has 2 amide bonds. The number of fused-ring (bicyclic) bond motifs is 1. The summed E-state index contributed by atoms with van der Waals surface area (Å²) in [6.45, 7) is 1.67. The zero-order valence-corrected chi connectivity index (χ0v) is 15.1. The van der Waals surface area contributed by atoms with E-state index in [-0.39, 0.29) is 11.9 Å². The summed E-state index contributed by atoms with van der Waals surface area (Å²) in [7, 11) is 3.67. The molecule has 0 aromatic heterocycles. The number of carbonyl (C=O) groups excluding carboxylic acids is 1. The summed E-state index contributed by atoms with van der Waals surface area (Å²) >= 11 is 12.6. The van der Waals surface area contributed by atoms with Crippen molar-refractivity contribution in [2.24, 2.45) is 0 Å². The lowest BCUT2D eigenvalue weighted by atomic mass is 9.84. The van der Waals surface area contributed by atoms with Crippen molar-refractivity contribution in [2.45, 2.75) is 12.5 Å². The van der Waals surface area contributed by atoms with Crippen molar-refractivity contribution in [1.29, 1.82) is 0 Å². The number of urea groups is 1. The molecule has 4 nitrogen and oxygen atoms in total. The van der Waals surface area contributed by atoms with Crippen LogP contribution in [0.2, 0.25) is 10.0 Å². The SMILES string of the molecule is CNC(=O)Nc1cccc(C2CN(C)Cc3c(Cl)cc(Cl)cc32)c1. The van der Waals surface area contributed by atoms with Crippen LogP contribution in [0.25, 0.3) is 0 Å². The van der Waals surface area contributed by atoms with Gasteiger partial charge in [0.2, 0.25) is 0 Å². The lowest BCUT2D eigenvalue weighted by Gasteiger charge is -2.33. The number of benzene rings is 2. The second-order valence-corrected chi connectivity index (χ2v) is 6.88. The highest BCUT2D eigenvalue weighted by Gasteiger charge is 2.27. The van der Waals surface area contributed by atoms with Gasteiger partial charge in [-0.15, -0.1) is 0 Å². The van der Waals surface area contributed by atoms with Crippen LogP contribution in [-0.2, 0) is 6.54 Å². The largest absolute Gasteiger partial charge is 0.341 e. The molecule has 0 radical (unpaired) electrons. The number of rotatable bonds is 2. The van der Waals surface area contributed by atoms with Crippen LogP contribution in [0.15, 0.2) is 36.4 Å². The Morgan fingerprint density at radius 1 is 1.25 bits per heavy atom. The molecule has 0 saturated carbocycles. The molecular weight excluding hydrogens is 345 g/mol. The van der Waals surface area contributed by atoms with Gasteiger partial charge in [-0.2, -0.15) is 0 Å². The summed E-state index contributed by atoms with van der Waals surface area (Å²) in [4.78, 5) is 13.8. The first-order valence-corrected chi connectivity index (χ1v) is 8.48. The molecule has 1 aliphatic rings. The molecule has 0 bridgehead atoms. The summed E-state index contributed by atoms with van der Waals surface area (Å²) in [5.41, 5.74) is 4.15. The van der Waals surface area contributed by atoms with Gasteiger partial charge in [0, 0.05) is 41.8 Å². The fraction of sp³-hybridized carbons (Fsp3) is 0.278. The van der Waals surface area contributed by atoms with Gasteiger partial charge in [0.15, 0.2) is 0 Å². The Bertz CT molecular complexity index is 779. The standard InChI is InChI=1S/C18H19Cl2N3O/c1-21-18(24)22-13-5-3-4-11(6-13)15-9-23(2)10-16-14(15)7-12(19)8-17(16)20/h3-8,15H,9-10H2,1-2H3,(H2,21,22,24). The van der Waals surface area contributed by atoms with Gasteiger partial charge in [0.05, 0.1) is 0 Å². The third-order valence-corrected chi connectivity index (χ3v) is 4.82. The molecule has 6 heteroatoms. The minimum absolute atomic E-state index is 0.154. The summed E-state index contributed by atoms with van der Waals surface area (Å²) in [6, 6.07) is 11.4. The number of carbonyl (C=O) groups is 1. The zero-order valence-electron chi connectivity index (χ0n) is 13.6. The number of likely N-dealkylation sites (N-methyl/N-ethyl adjacent to an activating group) is 1. The molecule has 0 fully saturated rings. The highest BCUT2D eigenvalue weighted by molar-refractivity contribution is 6.35. The maximum Gasteiger partial charge on any atom is 0.318 e. The van der Waals surface area contributed by atoms with E-state index in [2.05, 4.69) is 28.6 Å². The zero-order chi connectivity index (χ0) is 17.3. The molecule has 2 aromatic carbocycles. The number of nitrogens with one attached hydrogen (secondary N) is 2. The Hall–Kier alpha value is -1.75. The van der Waals surface area contributed by atoms with E-state index in [4.69, 9.17) is 23.2 Å². The first-order valence-electron chi connectivity index (χ1n) is 7.73. The van der Waals surface area contributed by atoms with Crippen molar-refractivity contribution in [2.75, 3.05) is 26.0 Å². The molecule has 3 rings (SSSR count). The van der Waals surface area contributed by atoms with Gasteiger partial charge in [-0.3, -0.25) is 0 Å². The highest BCUT2D eigenvalue weighted by Crippen LogP contribution is 2.38. The van der Waals surface area contributed by atoms with Crippen LogP contribution >= 0.6 is 23.2 Å². The molecule has 1 unspecified atom stereocenters. The lowest BCUT2D eigenvalue weighted by Crippen LogP contribution is -2.31. The van der Waals surface area contributed by atoms with Crippen molar-refractivity contribution < 1.29 is 4.79 Å². The molecule has 1 aliphatic heterocycles. The van der Waals surface area contributed by atoms with Crippen LogP contribution in [0.3, 0.4) is 0 Å².